The van der Waals surface area contributed by atoms with Crippen LogP contribution >= 0.6 is 27.5 Å². The third-order valence-electron chi connectivity index (χ3n) is 3.71. The molecule has 18 heavy (non-hydrogen) atoms. The monoisotopic (exact) mass is 331 g/mol. The van der Waals surface area contributed by atoms with Gasteiger partial charge in [-0.25, -0.2) is 4.98 Å². The van der Waals surface area contributed by atoms with Crippen molar-refractivity contribution in [1.82, 2.24) is 9.97 Å². The van der Waals surface area contributed by atoms with Crippen LogP contribution in [0.4, 0.5) is 5.82 Å². The van der Waals surface area contributed by atoms with E-state index in [2.05, 4.69) is 45.1 Å². The molecule has 2 rings (SSSR count). The molecule has 0 aromatic carbocycles. The molecule has 1 N–H and O–H groups in total. The van der Waals surface area contributed by atoms with E-state index in [0.29, 0.717) is 17.9 Å². The highest BCUT2D eigenvalue weighted by Gasteiger charge is 2.28. The Hall–Kier alpha value is -0.350. The average molecular weight is 333 g/mol. The molecule has 1 aromatic heterocycles. The van der Waals surface area contributed by atoms with Crippen LogP contribution < -0.4 is 5.32 Å². The van der Waals surface area contributed by atoms with E-state index < -0.39 is 0 Å². The molecule has 1 fully saturated rings. The lowest BCUT2D eigenvalue weighted by molar-refractivity contribution is 0.253. The average Bonchev–Trinajstić information content (AvgIpc) is 2.34. The summed E-state index contributed by atoms with van der Waals surface area (Å²) in [6, 6.07) is 0.487. The number of aromatic nitrogens is 2. The largest absolute Gasteiger partial charge is 0.366 e. The Morgan fingerprint density at radius 2 is 2.11 bits per heavy atom. The molecule has 1 aliphatic rings. The number of rotatable bonds is 3. The summed E-state index contributed by atoms with van der Waals surface area (Å²) < 4.78 is 0.875. The highest BCUT2D eigenvalue weighted by Crippen LogP contribution is 2.33. The second kappa shape index (κ2) is 6.20. The Kier molecular flexibility index (Phi) is 4.84. The molecule has 3 nitrogen and oxygen atoms in total. The Labute approximate surface area is 122 Å². The van der Waals surface area contributed by atoms with Gasteiger partial charge in [-0.1, -0.05) is 26.7 Å². The number of anilines is 1. The van der Waals surface area contributed by atoms with Gasteiger partial charge in [0, 0.05) is 12.2 Å². The molecular weight excluding hydrogens is 314 g/mol. The van der Waals surface area contributed by atoms with Crippen molar-refractivity contribution in [2.24, 2.45) is 11.8 Å². The minimum absolute atomic E-state index is 0.289. The second-order valence-electron chi connectivity index (χ2n) is 5.28. The van der Waals surface area contributed by atoms with Gasteiger partial charge in [-0.05, 0) is 52.2 Å². The molecule has 100 valence electrons. The summed E-state index contributed by atoms with van der Waals surface area (Å²) in [7, 11) is 0. The van der Waals surface area contributed by atoms with E-state index in [1.165, 1.54) is 25.7 Å². The summed E-state index contributed by atoms with van der Waals surface area (Å²) >= 11 is 9.32. The van der Waals surface area contributed by atoms with Gasteiger partial charge in [0.2, 0.25) is 5.28 Å². The Morgan fingerprint density at radius 1 is 1.39 bits per heavy atom. The van der Waals surface area contributed by atoms with E-state index >= 15 is 0 Å². The van der Waals surface area contributed by atoms with Crippen molar-refractivity contribution >= 4 is 33.3 Å². The molecule has 1 saturated carbocycles. The van der Waals surface area contributed by atoms with Gasteiger partial charge >= 0.3 is 0 Å². The number of nitrogens with one attached hydrogen (secondary N) is 1. The van der Waals surface area contributed by atoms with Crippen LogP contribution in [0.3, 0.4) is 0 Å². The minimum Gasteiger partial charge on any atom is -0.366 e. The number of halogens is 2. The van der Waals surface area contributed by atoms with E-state index in [0.717, 1.165) is 10.3 Å². The number of hydrogen-bond acceptors (Lipinski definition) is 3. The molecule has 0 saturated heterocycles. The summed E-state index contributed by atoms with van der Waals surface area (Å²) in [6.45, 7) is 4.60. The fourth-order valence-corrected chi connectivity index (χ4v) is 3.20. The van der Waals surface area contributed by atoms with Gasteiger partial charge in [0.05, 0.1) is 4.47 Å². The van der Waals surface area contributed by atoms with E-state index in [4.69, 9.17) is 11.6 Å². The molecular formula is C13H19BrClN3. The van der Waals surface area contributed by atoms with Gasteiger partial charge < -0.3 is 5.32 Å². The molecule has 0 spiro atoms. The molecule has 0 radical (unpaired) electrons. The standard InChI is InChI=1S/C13H19BrClN3/c1-8(2)9-5-3-4-6-11(9)17-12-10(14)7-16-13(15)18-12/h7-9,11H,3-6H2,1-2H3,(H,16,17,18). The normalized spacial score (nSPS) is 24.3. The van der Waals surface area contributed by atoms with E-state index in [1.54, 1.807) is 6.20 Å². The molecule has 1 aromatic rings. The quantitative estimate of drug-likeness (QED) is 0.827. The van der Waals surface area contributed by atoms with Crippen molar-refractivity contribution in [3.63, 3.8) is 0 Å². The first kappa shape index (κ1) is 14.1. The van der Waals surface area contributed by atoms with E-state index in [9.17, 15) is 0 Å². The Bertz CT molecular complexity index is 411. The van der Waals surface area contributed by atoms with Crippen molar-refractivity contribution in [3.05, 3.63) is 16.0 Å². The SMILES string of the molecule is CC(C)C1CCCCC1Nc1nc(Cl)ncc1Br. The summed E-state index contributed by atoms with van der Waals surface area (Å²) in [5.74, 6) is 2.21. The van der Waals surface area contributed by atoms with Crippen LogP contribution in [0, 0.1) is 11.8 Å². The molecule has 0 bridgehead atoms. The molecule has 1 heterocycles. The summed E-state index contributed by atoms with van der Waals surface area (Å²) in [5, 5.41) is 3.83. The number of nitrogens with zero attached hydrogens (tertiary/aromatic N) is 2. The third-order valence-corrected chi connectivity index (χ3v) is 4.47. The van der Waals surface area contributed by atoms with Gasteiger partial charge in [0.15, 0.2) is 0 Å². The second-order valence-corrected chi connectivity index (χ2v) is 6.47. The van der Waals surface area contributed by atoms with Gasteiger partial charge in [-0.3, -0.25) is 0 Å². The zero-order valence-electron chi connectivity index (χ0n) is 10.8. The first-order valence-corrected chi connectivity index (χ1v) is 7.69. The van der Waals surface area contributed by atoms with Crippen LogP contribution in [0.2, 0.25) is 5.28 Å². The maximum absolute atomic E-state index is 5.85. The molecule has 1 aliphatic carbocycles. The lowest BCUT2D eigenvalue weighted by atomic mass is 9.78. The van der Waals surface area contributed by atoms with Crippen molar-refractivity contribution in [2.45, 2.75) is 45.6 Å². The smallest absolute Gasteiger partial charge is 0.224 e. The van der Waals surface area contributed by atoms with Gasteiger partial charge in [0.25, 0.3) is 0 Å². The summed E-state index contributed by atoms with van der Waals surface area (Å²) in [6.07, 6.45) is 6.83. The van der Waals surface area contributed by atoms with Gasteiger partial charge in [-0.2, -0.15) is 4.98 Å². The van der Waals surface area contributed by atoms with Crippen molar-refractivity contribution in [3.8, 4) is 0 Å². The fourth-order valence-electron chi connectivity index (χ4n) is 2.76. The Morgan fingerprint density at radius 3 is 2.83 bits per heavy atom. The first-order valence-electron chi connectivity index (χ1n) is 6.52. The lowest BCUT2D eigenvalue weighted by Gasteiger charge is -2.35. The maximum atomic E-state index is 5.85. The minimum atomic E-state index is 0.289. The molecule has 0 amide bonds. The highest BCUT2D eigenvalue weighted by atomic mass is 79.9. The summed E-state index contributed by atoms with van der Waals surface area (Å²) in [5.41, 5.74) is 0. The van der Waals surface area contributed by atoms with E-state index in [-0.39, 0.29) is 5.28 Å². The van der Waals surface area contributed by atoms with Gasteiger partial charge in [-0.15, -0.1) is 0 Å². The van der Waals surface area contributed by atoms with Crippen LogP contribution in [0.15, 0.2) is 10.7 Å². The Balaban J connectivity index is 2.13. The molecule has 5 heteroatoms. The van der Waals surface area contributed by atoms with Crippen LogP contribution in [-0.2, 0) is 0 Å². The van der Waals surface area contributed by atoms with Gasteiger partial charge in [0.1, 0.15) is 5.82 Å². The van der Waals surface area contributed by atoms with E-state index in [1.807, 2.05) is 0 Å². The predicted octanol–water partition coefficient (Wildman–Crippen LogP) is 4.52. The third kappa shape index (κ3) is 3.35. The van der Waals surface area contributed by atoms with Crippen LogP contribution in [0.5, 0.6) is 0 Å². The maximum Gasteiger partial charge on any atom is 0.224 e. The van der Waals surface area contributed by atoms with Crippen LogP contribution in [0.1, 0.15) is 39.5 Å². The topological polar surface area (TPSA) is 37.8 Å². The zero-order valence-corrected chi connectivity index (χ0v) is 13.1. The lowest BCUT2D eigenvalue weighted by Crippen LogP contribution is -2.35. The van der Waals surface area contributed by atoms with Crippen LogP contribution in [-0.4, -0.2) is 16.0 Å². The van der Waals surface area contributed by atoms with Crippen molar-refractivity contribution in [2.75, 3.05) is 5.32 Å². The molecule has 0 aliphatic heterocycles. The van der Waals surface area contributed by atoms with Crippen molar-refractivity contribution in [1.29, 1.82) is 0 Å². The fraction of sp³-hybridized carbons (Fsp3) is 0.692. The van der Waals surface area contributed by atoms with Crippen LogP contribution in [0.25, 0.3) is 0 Å². The predicted molar refractivity (Wildman–Crippen MR) is 78.9 cm³/mol. The van der Waals surface area contributed by atoms with Crippen molar-refractivity contribution < 1.29 is 0 Å². The molecule has 2 unspecified atom stereocenters. The summed E-state index contributed by atoms with van der Waals surface area (Å²) in [4.78, 5) is 8.21. The molecule has 2 atom stereocenters. The highest BCUT2D eigenvalue weighted by molar-refractivity contribution is 9.10. The number of hydrogen-bond donors (Lipinski definition) is 1. The first-order chi connectivity index (χ1) is 8.58. The zero-order chi connectivity index (χ0) is 13.1.